The van der Waals surface area contributed by atoms with Gasteiger partial charge >= 0.3 is 0 Å². The van der Waals surface area contributed by atoms with E-state index in [0.29, 0.717) is 12.4 Å². The summed E-state index contributed by atoms with van der Waals surface area (Å²) in [4.78, 5) is 14.0. The molecule has 0 saturated heterocycles. The van der Waals surface area contributed by atoms with E-state index in [1.54, 1.807) is 0 Å². The zero-order chi connectivity index (χ0) is 19.4. The average Bonchev–Trinajstić information content (AvgIpc) is 2.60. The molecule has 2 aromatic carbocycles. The Morgan fingerprint density at radius 1 is 0.923 bits per heavy atom. The van der Waals surface area contributed by atoms with Gasteiger partial charge in [0.25, 0.3) is 15.9 Å². The molecule has 2 rings (SSSR count). The summed E-state index contributed by atoms with van der Waals surface area (Å²) in [6.07, 6.45) is 1.05. The number of sulfonamides is 1. The Hall–Kier alpha value is -2.43. The van der Waals surface area contributed by atoms with E-state index in [1.165, 1.54) is 48.5 Å². The highest BCUT2D eigenvalue weighted by molar-refractivity contribution is 7.90. The monoisotopic (exact) mass is 398 g/mol. The second-order valence-corrected chi connectivity index (χ2v) is 8.96. The summed E-state index contributed by atoms with van der Waals surface area (Å²) in [5, 5.41) is 0. The quantitative estimate of drug-likeness (QED) is 0.675. The van der Waals surface area contributed by atoms with Crippen LogP contribution in [0.25, 0.3) is 0 Å². The standard InChI is InChI=1S/C16H18N2O6S2/c1-3-24-13-6-10-15(11-7-13)26(22,23)18-17-16(19)12-4-8-14(9-5-12)25(2,20)21/h4-11,18H,3H2,1-2H3,(H,17,19). The molecule has 0 spiro atoms. The zero-order valence-electron chi connectivity index (χ0n) is 14.1. The van der Waals surface area contributed by atoms with Crippen LogP contribution in [-0.2, 0) is 19.9 Å². The molecule has 1 amide bonds. The van der Waals surface area contributed by atoms with Crippen molar-refractivity contribution in [2.45, 2.75) is 16.7 Å². The van der Waals surface area contributed by atoms with E-state index in [9.17, 15) is 21.6 Å². The van der Waals surface area contributed by atoms with Gasteiger partial charge in [-0.2, -0.15) is 0 Å². The first-order valence-corrected chi connectivity index (χ1v) is 10.9. The van der Waals surface area contributed by atoms with Crippen LogP contribution in [0.5, 0.6) is 5.75 Å². The van der Waals surface area contributed by atoms with Gasteiger partial charge in [0.05, 0.1) is 16.4 Å². The summed E-state index contributed by atoms with van der Waals surface area (Å²) in [6.45, 7) is 2.27. The normalized spacial score (nSPS) is 11.8. The van der Waals surface area contributed by atoms with Crippen molar-refractivity contribution in [3.8, 4) is 5.75 Å². The predicted octanol–water partition coefficient (Wildman–Crippen LogP) is 1.11. The number of carbonyl (C=O) groups excluding carboxylic acids is 1. The van der Waals surface area contributed by atoms with Gasteiger partial charge in [0.15, 0.2) is 9.84 Å². The number of nitrogens with one attached hydrogen (secondary N) is 2. The molecule has 10 heteroatoms. The minimum Gasteiger partial charge on any atom is -0.494 e. The van der Waals surface area contributed by atoms with Crippen molar-refractivity contribution in [3.63, 3.8) is 0 Å². The number of rotatable bonds is 7. The van der Waals surface area contributed by atoms with Crippen LogP contribution in [0.4, 0.5) is 0 Å². The highest BCUT2D eigenvalue weighted by Crippen LogP contribution is 2.15. The number of amides is 1. The maximum atomic E-state index is 12.2. The van der Waals surface area contributed by atoms with Crippen LogP contribution in [0.3, 0.4) is 0 Å². The van der Waals surface area contributed by atoms with Crippen molar-refractivity contribution >= 4 is 25.8 Å². The molecule has 0 aromatic heterocycles. The first-order chi connectivity index (χ1) is 12.1. The minimum atomic E-state index is -3.96. The number of hydrogen-bond donors (Lipinski definition) is 2. The predicted molar refractivity (Wildman–Crippen MR) is 95.0 cm³/mol. The third kappa shape index (κ3) is 5.04. The smallest absolute Gasteiger partial charge is 0.266 e. The Bertz CT molecular complexity index is 982. The highest BCUT2D eigenvalue weighted by atomic mass is 32.2. The molecule has 26 heavy (non-hydrogen) atoms. The maximum absolute atomic E-state index is 12.2. The fraction of sp³-hybridized carbons (Fsp3) is 0.188. The fourth-order valence-electron chi connectivity index (χ4n) is 1.98. The molecule has 2 N–H and O–H groups in total. The van der Waals surface area contributed by atoms with Gasteiger partial charge in [0, 0.05) is 11.8 Å². The van der Waals surface area contributed by atoms with Crippen molar-refractivity contribution in [3.05, 3.63) is 54.1 Å². The SMILES string of the molecule is CCOc1ccc(S(=O)(=O)NNC(=O)c2ccc(S(C)(=O)=O)cc2)cc1. The molecule has 0 unspecified atom stereocenters. The first kappa shape index (κ1) is 19.9. The van der Waals surface area contributed by atoms with Gasteiger partial charge in [-0.05, 0) is 55.5 Å². The zero-order valence-corrected chi connectivity index (χ0v) is 15.7. The number of benzene rings is 2. The number of ether oxygens (including phenoxy) is 1. The first-order valence-electron chi connectivity index (χ1n) is 7.48. The molecule has 0 atom stereocenters. The van der Waals surface area contributed by atoms with Crippen LogP contribution in [0.1, 0.15) is 17.3 Å². The van der Waals surface area contributed by atoms with Crippen LogP contribution in [0, 0.1) is 0 Å². The lowest BCUT2D eigenvalue weighted by molar-refractivity contribution is 0.0945. The summed E-state index contributed by atoms with van der Waals surface area (Å²) in [5.74, 6) is -0.194. The summed E-state index contributed by atoms with van der Waals surface area (Å²) in [5.41, 5.74) is 2.18. The molecule has 0 radical (unpaired) electrons. The van der Waals surface area contributed by atoms with Crippen LogP contribution in [-0.4, -0.2) is 35.6 Å². The minimum absolute atomic E-state index is 0.0475. The van der Waals surface area contributed by atoms with E-state index in [2.05, 4.69) is 5.43 Å². The summed E-state index contributed by atoms with van der Waals surface area (Å²) in [6, 6.07) is 10.8. The van der Waals surface area contributed by atoms with E-state index in [-0.39, 0.29) is 15.4 Å². The lowest BCUT2D eigenvalue weighted by Gasteiger charge is -2.09. The van der Waals surface area contributed by atoms with E-state index < -0.39 is 25.8 Å². The van der Waals surface area contributed by atoms with Gasteiger partial charge in [0.1, 0.15) is 5.75 Å². The number of hydrogen-bond acceptors (Lipinski definition) is 6. The molecule has 0 aliphatic rings. The van der Waals surface area contributed by atoms with Crippen molar-refractivity contribution in [1.29, 1.82) is 0 Å². The molecule has 8 nitrogen and oxygen atoms in total. The van der Waals surface area contributed by atoms with Gasteiger partial charge in [-0.1, -0.05) is 0 Å². The molecule has 0 heterocycles. The van der Waals surface area contributed by atoms with Gasteiger partial charge in [-0.3, -0.25) is 10.2 Å². The van der Waals surface area contributed by atoms with E-state index >= 15 is 0 Å². The molecular formula is C16H18N2O6S2. The molecule has 0 fully saturated rings. The van der Waals surface area contributed by atoms with E-state index in [4.69, 9.17) is 4.74 Å². The molecule has 140 valence electrons. The average molecular weight is 398 g/mol. The molecule has 0 saturated carbocycles. The maximum Gasteiger partial charge on any atom is 0.266 e. The second-order valence-electron chi connectivity index (χ2n) is 5.26. The summed E-state index contributed by atoms with van der Waals surface area (Å²) < 4.78 is 52.4. The van der Waals surface area contributed by atoms with Crippen molar-refractivity contribution in [2.24, 2.45) is 0 Å². The second kappa shape index (κ2) is 7.85. The Labute approximate surface area is 152 Å². The summed E-state index contributed by atoms with van der Waals surface area (Å²) >= 11 is 0. The van der Waals surface area contributed by atoms with Crippen LogP contribution >= 0.6 is 0 Å². The lowest BCUT2D eigenvalue weighted by Crippen LogP contribution is -2.41. The lowest BCUT2D eigenvalue weighted by atomic mass is 10.2. The summed E-state index contributed by atoms with van der Waals surface area (Å²) in [7, 11) is -7.34. The largest absolute Gasteiger partial charge is 0.494 e. The van der Waals surface area contributed by atoms with Gasteiger partial charge in [0.2, 0.25) is 0 Å². The number of sulfone groups is 1. The van der Waals surface area contributed by atoms with E-state index in [0.717, 1.165) is 6.26 Å². The highest BCUT2D eigenvalue weighted by Gasteiger charge is 2.16. The molecule has 0 aliphatic carbocycles. The van der Waals surface area contributed by atoms with E-state index in [1.807, 2.05) is 11.8 Å². The molecule has 0 aliphatic heterocycles. The third-order valence-electron chi connectivity index (χ3n) is 3.29. The fourth-order valence-corrected chi connectivity index (χ4v) is 3.45. The Balaban J connectivity index is 2.05. The van der Waals surface area contributed by atoms with Gasteiger partial charge < -0.3 is 4.74 Å². The van der Waals surface area contributed by atoms with Crippen LogP contribution in [0.15, 0.2) is 58.3 Å². The number of carbonyl (C=O) groups is 1. The third-order valence-corrected chi connectivity index (χ3v) is 5.68. The molecular weight excluding hydrogens is 380 g/mol. The van der Waals surface area contributed by atoms with Crippen LogP contribution < -0.4 is 15.0 Å². The van der Waals surface area contributed by atoms with Crippen molar-refractivity contribution in [2.75, 3.05) is 12.9 Å². The van der Waals surface area contributed by atoms with Crippen LogP contribution in [0.2, 0.25) is 0 Å². The molecule has 0 bridgehead atoms. The topological polar surface area (TPSA) is 119 Å². The Kier molecular flexibility index (Phi) is 6.01. The van der Waals surface area contributed by atoms with Gasteiger partial charge in [-0.25, -0.2) is 16.8 Å². The Morgan fingerprint density at radius 2 is 1.46 bits per heavy atom. The van der Waals surface area contributed by atoms with Gasteiger partial charge in [-0.15, -0.1) is 4.83 Å². The van der Waals surface area contributed by atoms with Crippen molar-refractivity contribution in [1.82, 2.24) is 10.3 Å². The van der Waals surface area contributed by atoms with Crippen molar-refractivity contribution < 1.29 is 26.4 Å². The molecule has 2 aromatic rings. The Morgan fingerprint density at radius 3 is 1.96 bits per heavy atom. The number of hydrazine groups is 1.